The van der Waals surface area contributed by atoms with Crippen molar-refractivity contribution in [3.05, 3.63) is 40.7 Å². The minimum atomic E-state index is -0.0326. The van der Waals surface area contributed by atoms with Gasteiger partial charge in [0.05, 0.1) is 5.69 Å². The van der Waals surface area contributed by atoms with E-state index in [9.17, 15) is 4.79 Å². The summed E-state index contributed by atoms with van der Waals surface area (Å²) in [4.78, 5) is 18.6. The molecule has 0 aliphatic carbocycles. The van der Waals surface area contributed by atoms with Gasteiger partial charge in [-0.05, 0) is 18.9 Å². The lowest BCUT2D eigenvalue weighted by molar-refractivity contribution is 0.413. The Bertz CT molecular complexity index is 691. The number of piperidine rings is 1. The zero-order chi connectivity index (χ0) is 15.5. The van der Waals surface area contributed by atoms with Crippen molar-refractivity contribution in [1.29, 1.82) is 0 Å². The van der Waals surface area contributed by atoms with Crippen LogP contribution in [0.2, 0.25) is 0 Å². The van der Waals surface area contributed by atoms with Gasteiger partial charge in [0.15, 0.2) is 5.82 Å². The Morgan fingerprint density at radius 1 is 1.36 bits per heavy atom. The van der Waals surface area contributed by atoms with Gasteiger partial charge in [0, 0.05) is 58.4 Å². The summed E-state index contributed by atoms with van der Waals surface area (Å²) in [6.07, 6.45) is 7.35. The van der Waals surface area contributed by atoms with Crippen molar-refractivity contribution in [2.75, 3.05) is 18.0 Å². The van der Waals surface area contributed by atoms with E-state index >= 15 is 0 Å². The topological polar surface area (TPSA) is 68.0 Å². The maximum absolute atomic E-state index is 12.2. The van der Waals surface area contributed by atoms with E-state index in [-0.39, 0.29) is 5.56 Å². The van der Waals surface area contributed by atoms with Crippen molar-refractivity contribution >= 4 is 5.82 Å². The minimum absolute atomic E-state index is 0.0326. The summed E-state index contributed by atoms with van der Waals surface area (Å²) in [5.41, 5.74) is 1.13. The average Bonchev–Trinajstić information content (AvgIpc) is 2.93. The second-order valence-electron chi connectivity index (χ2n) is 5.78. The Balaban J connectivity index is 1.65. The van der Waals surface area contributed by atoms with E-state index in [1.807, 2.05) is 24.0 Å². The first-order valence-electron chi connectivity index (χ1n) is 7.62. The second kappa shape index (κ2) is 6.31. The molecule has 0 amide bonds. The summed E-state index contributed by atoms with van der Waals surface area (Å²) in [5.74, 6) is 0.553. The molecule has 0 aromatic carbocycles. The molecule has 0 bridgehead atoms. The summed E-state index contributed by atoms with van der Waals surface area (Å²) in [6.45, 7) is 2.48. The van der Waals surface area contributed by atoms with Gasteiger partial charge in [0.25, 0.3) is 5.56 Å². The van der Waals surface area contributed by atoms with E-state index in [1.165, 1.54) is 0 Å². The first-order chi connectivity index (χ1) is 10.6. The maximum atomic E-state index is 12.2. The predicted molar refractivity (Wildman–Crippen MR) is 84.8 cm³/mol. The van der Waals surface area contributed by atoms with Crippen molar-refractivity contribution in [2.24, 2.45) is 14.1 Å². The van der Waals surface area contributed by atoms with Crippen LogP contribution in [0.1, 0.15) is 18.5 Å². The van der Waals surface area contributed by atoms with Gasteiger partial charge >= 0.3 is 0 Å². The average molecular weight is 302 g/mol. The van der Waals surface area contributed by atoms with Crippen molar-refractivity contribution in [3.8, 4) is 0 Å². The maximum Gasteiger partial charge on any atom is 0.293 e. The summed E-state index contributed by atoms with van der Waals surface area (Å²) < 4.78 is 3.46. The lowest BCUT2D eigenvalue weighted by Crippen LogP contribution is -2.47. The Morgan fingerprint density at radius 2 is 2.23 bits per heavy atom. The van der Waals surface area contributed by atoms with Gasteiger partial charge in [-0.15, -0.1) is 0 Å². The van der Waals surface area contributed by atoms with Crippen molar-refractivity contribution in [3.63, 3.8) is 0 Å². The van der Waals surface area contributed by atoms with Gasteiger partial charge in [-0.1, -0.05) is 0 Å². The molecule has 7 heteroatoms. The van der Waals surface area contributed by atoms with Crippen LogP contribution in [0, 0.1) is 0 Å². The minimum Gasteiger partial charge on any atom is -0.350 e. The lowest BCUT2D eigenvalue weighted by atomic mass is 10.1. The molecule has 1 atom stereocenters. The smallest absolute Gasteiger partial charge is 0.293 e. The SMILES string of the molecule is Cn1nccc1CN[C@H]1CCCN(c2nccn(C)c2=O)C1. The van der Waals surface area contributed by atoms with Gasteiger partial charge in [-0.3, -0.25) is 9.48 Å². The normalized spacial score (nSPS) is 18.6. The highest BCUT2D eigenvalue weighted by Crippen LogP contribution is 2.15. The zero-order valence-corrected chi connectivity index (χ0v) is 13.1. The summed E-state index contributed by atoms with van der Waals surface area (Å²) in [7, 11) is 3.71. The van der Waals surface area contributed by atoms with Gasteiger partial charge in [-0.2, -0.15) is 5.10 Å². The number of nitrogens with zero attached hydrogens (tertiary/aromatic N) is 5. The number of hydrogen-bond donors (Lipinski definition) is 1. The van der Waals surface area contributed by atoms with Crippen LogP contribution in [0.3, 0.4) is 0 Å². The standard InChI is InChI=1S/C15H22N6O/c1-19-9-7-16-14(15(19)22)21-8-3-4-12(11-21)17-10-13-5-6-18-20(13)2/h5-7,9,12,17H,3-4,8,10-11H2,1-2H3/t12-/m0/s1. The molecule has 0 saturated carbocycles. The van der Waals surface area contributed by atoms with Crippen LogP contribution >= 0.6 is 0 Å². The highest BCUT2D eigenvalue weighted by atomic mass is 16.1. The van der Waals surface area contributed by atoms with E-state index in [0.29, 0.717) is 11.9 Å². The second-order valence-corrected chi connectivity index (χ2v) is 5.78. The molecule has 0 radical (unpaired) electrons. The Hall–Kier alpha value is -2.15. The molecule has 1 fully saturated rings. The number of rotatable bonds is 4. The fourth-order valence-electron chi connectivity index (χ4n) is 2.86. The molecule has 1 saturated heterocycles. The van der Waals surface area contributed by atoms with Crippen LogP contribution in [0.15, 0.2) is 29.5 Å². The van der Waals surface area contributed by atoms with Crippen LogP contribution < -0.4 is 15.8 Å². The summed E-state index contributed by atoms with van der Waals surface area (Å²) in [6, 6.07) is 2.37. The van der Waals surface area contributed by atoms with Crippen LogP contribution in [0.25, 0.3) is 0 Å². The lowest BCUT2D eigenvalue weighted by Gasteiger charge is -2.33. The van der Waals surface area contributed by atoms with E-state index in [0.717, 1.165) is 38.2 Å². The third-order valence-corrected chi connectivity index (χ3v) is 4.21. The highest BCUT2D eigenvalue weighted by molar-refractivity contribution is 5.36. The summed E-state index contributed by atoms with van der Waals surface area (Å²) >= 11 is 0. The monoisotopic (exact) mass is 302 g/mol. The number of aryl methyl sites for hydroxylation is 2. The molecule has 7 nitrogen and oxygen atoms in total. The van der Waals surface area contributed by atoms with Gasteiger partial charge in [-0.25, -0.2) is 4.98 Å². The molecule has 118 valence electrons. The van der Waals surface area contributed by atoms with Crippen LogP contribution in [-0.2, 0) is 20.6 Å². The number of aromatic nitrogens is 4. The van der Waals surface area contributed by atoms with Crippen molar-refractivity contribution in [1.82, 2.24) is 24.6 Å². The Morgan fingerprint density at radius 3 is 3.00 bits per heavy atom. The molecule has 0 spiro atoms. The Kier molecular flexibility index (Phi) is 4.24. The quantitative estimate of drug-likeness (QED) is 0.878. The largest absolute Gasteiger partial charge is 0.350 e. The molecule has 1 aliphatic heterocycles. The zero-order valence-electron chi connectivity index (χ0n) is 13.1. The molecular weight excluding hydrogens is 280 g/mol. The van der Waals surface area contributed by atoms with Gasteiger partial charge < -0.3 is 14.8 Å². The Labute approximate surface area is 129 Å². The third-order valence-electron chi connectivity index (χ3n) is 4.21. The van der Waals surface area contributed by atoms with Gasteiger partial charge in [0.2, 0.25) is 0 Å². The molecule has 0 unspecified atom stereocenters. The van der Waals surface area contributed by atoms with E-state index in [4.69, 9.17) is 0 Å². The third kappa shape index (κ3) is 3.04. The molecule has 1 aliphatic rings. The summed E-state index contributed by atoms with van der Waals surface area (Å²) in [5, 5.41) is 7.74. The number of hydrogen-bond acceptors (Lipinski definition) is 5. The first kappa shape index (κ1) is 14.8. The molecular formula is C15H22N6O. The van der Waals surface area contributed by atoms with Crippen LogP contribution in [-0.4, -0.2) is 38.5 Å². The van der Waals surface area contributed by atoms with Gasteiger partial charge in [0.1, 0.15) is 0 Å². The molecule has 2 aromatic rings. The van der Waals surface area contributed by atoms with E-state index < -0.39 is 0 Å². The molecule has 3 rings (SSSR count). The fraction of sp³-hybridized carbons (Fsp3) is 0.533. The molecule has 3 heterocycles. The van der Waals surface area contributed by atoms with Crippen LogP contribution in [0.4, 0.5) is 5.82 Å². The number of anilines is 1. The molecule has 22 heavy (non-hydrogen) atoms. The molecule has 1 N–H and O–H groups in total. The van der Waals surface area contributed by atoms with Crippen LogP contribution in [0.5, 0.6) is 0 Å². The predicted octanol–water partition coefficient (Wildman–Crippen LogP) is 0.272. The fourth-order valence-corrected chi connectivity index (χ4v) is 2.86. The van der Waals surface area contributed by atoms with Crippen molar-refractivity contribution in [2.45, 2.75) is 25.4 Å². The van der Waals surface area contributed by atoms with E-state index in [2.05, 4.69) is 20.3 Å². The van der Waals surface area contributed by atoms with Crippen molar-refractivity contribution < 1.29 is 0 Å². The first-order valence-corrected chi connectivity index (χ1v) is 7.62. The molecule has 2 aromatic heterocycles. The van der Waals surface area contributed by atoms with E-state index in [1.54, 1.807) is 24.0 Å². The number of nitrogens with one attached hydrogen (secondary N) is 1. The highest BCUT2D eigenvalue weighted by Gasteiger charge is 2.22.